The lowest BCUT2D eigenvalue weighted by Crippen LogP contribution is -2.07. The molecule has 0 atom stereocenters. The molecule has 0 saturated carbocycles. The van der Waals surface area contributed by atoms with Gasteiger partial charge in [-0.05, 0) is 55.8 Å². The Hall–Kier alpha value is -5.12. The van der Waals surface area contributed by atoms with Gasteiger partial charge in [-0.1, -0.05) is 12.1 Å². The van der Waals surface area contributed by atoms with Crippen LogP contribution in [0.15, 0.2) is 60.9 Å². The van der Waals surface area contributed by atoms with Crippen LogP contribution in [0.25, 0.3) is 39.9 Å². The van der Waals surface area contributed by atoms with Crippen LogP contribution in [-0.4, -0.2) is 52.3 Å². The maximum atomic E-state index is 10.7. The van der Waals surface area contributed by atoms with Crippen molar-refractivity contribution in [1.82, 2.24) is 24.7 Å². The van der Waals surface area contributed by atoms with Crippen molar-refractivity contribution in [3.05, 3.63) is 72.1 Å². The average molecular weight is 498 g/mol. The van der Waals surface area contributed by atoms with E-state index in [4.69, 9.17) is 4.74 Å². The van der Waals surface area contributed by atoms with Crippen molar-refractivity contribution in [1.29, 1.82) is 0 Å². The van der Waals surface area contributed by atoms with Crippen LogP contribution in [0.4, 0.5) is 0 Å². The summed E-state index contributed by atoms with van der Waals surface area (Å²) in [7, 11) is 1.60. The average Bonchev–Trinajstić information content (AvgIpc) is 3.41. The number of aromatic nitrogens is 5. The van der Waals surface area contributed by atoms with E-state index in [9.17, 15) is 20.4 Å². The quantitative estimate of drug-likeness (QED) is 0.275. The molecule has 2 heterocycles. The summed E-state index contributed by atoms with van der Waals surface area (Å²) < 4.78 is 6.68. The largest absolute Gasteiger partial charge is 0.508 e. The molecule has 0 radical (unpaired) electrons. The minimum atomic E-state index is -0.186. The summed E-state index contributed by atoms with van der Waals surface area (Å²) in [5.74, 6) is 0.560. The van der Waals surface area contributed by atoms with Crippen LogP contribution in [-0.2, 0) is 0 Å². The molecule has 0 fully saturated rings. The van der Waals surface area contributed by atoms with Gasteiger partial charge in [0.2, 0.25) is 0 Å². The number of phenols is 4. The first-order chi connectivity index (χ1) is 17.8. The minimum Gasteiger partial charge on any atom is -0.508 e. The number of hydrogen-bond acceptors (Lipinski definition) is 9. The Morgan fingerprint density at radius 2 is 1.22 bits per heavy atom. The van der Waals surface area contributed by atoms with E-state index < -0.39 is 0 Å². The van der Waals surface area contributed by atoms with Crippen molar-refractivity contribution >= 4 is 0 Å². The third-order valence-electron chi connectivity index (χ3n) is 6.12. The molecule has 0 unspecified atom stereocenters. The third kappa shape index (κ3) is 4.25. The molecule has 4 N–H and O–H groups in total. The van der Waals surface area contributed by atoms with Crippen LogP contribution in [0.2, 0.25) is 0 Å². The summed E-state index contributed by atoms with van der Waals surface area (Å²) in [6.07, 6.45) is 3.41. The molecule has 0 aliphatic rings. The van der Waals surface area contributed by atoms with E-state index in [1.165, 1.54) is 28.9 Å². The van der Waals surface area contributed by atoms with Gasteiger partial charge in [-0.15, -0.1) is 0 Å². The highest BCUT2D eigenvalue weighted by atomic mass is 16.5. The fourth-order valence-corrected chi connectivity index (χ4v) is 3.81. The SMILES string of the molecule is COc1ccc(-c2cnn(-c3nc(-c4ccc(O)c(C)c4O)nc(-c4ccc(O)c(C)c4O)n3)c2)cc1. The topological polar surface area (TPSA) is 147 Å². The molecule has 186 valence electrons. The number of ether oxygens (including phenoxy) is 1. The number of hydrogen-bond donors (Lipinski definition) is 4. The molecule has 2 aromatic heterocycles. The van der Waals surface area contributed by atoms with Gasteiger partial charge in [-0.25, -0.2) is 9.67 Å². The van der Waals surface area contributed by atoms with Crippen molar-refractivity contribution in [2.75, 3.05) is 7.11 Å². The highest BCUT2D eigenvalue weighted by molar-refractivity contribution is 5.73. The first-order valence-electron chi connectivity index (χ1n) is 11.3. The van der Waals surface area contributed by atoms with Crippen LogP contribution in [0.3, 0.4) is 0 Å². The molecule has 0 aliphatic heterocycles. The van der Waals surface area contributed by atoms with Gasteiger partial charge in [0.1, 0.15) is 28.7 Å². The molecular weight excluding hydrogens is 474 g/mol. The van der Waals surface area contributed by atoms with Crippen LogP contribution in [0, 0.1) is 13.8 Å². The lowest BCUT2D eigenvalue weighted by atomic mass is 10.1. The lowest BCUT2D eigenvalue weighted by Gasteiger charge is -2.12. The van der Waals surface area contributed by atoms with E-state index >= 15 is 0 Å². The number of methoxy groups -OCH3 is 1. The van der Waals surface area contributed by atoms with Crippen LogP contribution in [0.5, 0.6) is 28.7 Å². The molecule has 0 spiro atoms. The van der Waals surface area contributed by atoms with E-state index in [0.717, 1.165) is 16.9 Å². The van der Waals surface area contributed by atoms with Gasteiger partial charge in [0.05, 0.1) is 24.4 Å². The summed E-state index contributed by atoms with van der Waals surface area (Å²) >= 11 is 0. The fraction of sp³-hybridized carbons (Fsp3) is 0.111. The Bertz CT molecular complexity index is 1550. The molecule has 3 aromatic carbocycles. The second-order valence-corrected chi connectivity index (χ2v) is 8.40. The van der Waals surface area contributed by atoms with Crippen molar-refractivity contribution in [2.45, 2.75) is 13.8 Å². The zero-order valence-corrected chi connectivity index (χ0v) is 20.2. The number of nitrogens with zero attached hydrogens (tertiary/aromatic N) is 5. The number of phenolic OH excluding ortho intramolecular Hbond substituents is 4. The maximum Gasteiger partial charge on any atom is 0.254 e. The van der Waals surface area contributed by atoms with Gasteiger partial charge in [0.15, 0.2) is 11.6 Å². The van der Waals surface area contributed by atoms with Crippen molar-refractivity contribution in [2.24, 2.45) is 0 Å². The molecule has 5 rings (SSSR count). The second kappa shape index (κ2) is 9.15. The summed E-state index contributed by atoms with van der Waals surface area (Å²) in [6, 6.07) is 13.4. The molecule has 5 aromatic rings. The first-order valence-corrected chi connectivity index (χ1v) is 11.3. The highest BCUT2D eigenvalue weighted by Crippen LogP contribution is 2.38. The molecule has 10 heteroatoms. The predicted molar refractivity (Wildman–Crippen MR) is 136 cm³/mol. The van der Waals surface area contributed by atoms with Crippen LogP contribution in [0.1, 0.15) is 11.1 Å². The van der Waals surface area contributed by atoms with Crippen molar-refractivity contribution in [3.8, 4) is 68.6 Å². The summed E-state index contributed by atoms with van der Waals surface area (Å²) in [6.45, 7) is 3.14. The molecule has 37 heavy (non-hydrogen) atoms. The Morgan fingerprint density at radius 3 is 1.73 bits per heavy atom. The summed E-state index contributed by atoms with van der Waals surface area (Å²) in [4.78, 5) is 13.5. The summed E-state index contributed by atoms with van der Waals surface area (Å²) in [5, 5.41) is 45.8. The van der Waals surface area contributed by atoms with E-state index in [1.54, 1.807) is 33.4 Å². The van der Waals surface area contributed by atoms with E-state index in [1.807, 2.05) is 24.3 Å². The standard InChI is InChI=1S/C27H23N5O5/c1-14-21(33)10-8-19(23(14)35)25-29-26(20-9-11-22(34)15(2)24(20)36)31-27(30-25)32-13-17(12-28-32)16-4-6-18(37-3)7-5-16/h4-13,33-36H,1-3H3. The first kappa shape index (κ1) is 23.6. The summed E-state index contributed by atoms with van der Waals surface area (Å²) in [5.41, 5.74) is 2.77. The highest BCUT2D eigenvalue weighted by Gasteiger charge is 2.20. The smallest absolute Gasteiger partial charge is 0.254 e. The molecule has 0 amide bonds. The zero-order chi connectivity index (χ0) is 26.3. The van der Waals surface area contributed by atoms with E-state index in [0.29, 0.717) is 0 Å². The van der Waals surface area contributed by atoms with Gasteiger partial charge < -0.3 is 25.2 Å². The number of rotatable bonds is 5. The minimum absolute atomic E-state index is 0.0706. The zero-order valence-electron chi connectivity index (χ0n) is 20.2. The van der Waals surface area contributed by atoms with E-state index in [-0.39, 0.29) is 62.8 Å². The van der Waals surface area contributed by atoms with Gasteiger partial charge in [0, 0.05) is 22.9 Å². The van der Waals surface area contributed by atoms with Gasteiger partial charge in [-0.2, -0.15) is 15.1 Å². The fourth-order valence-electron chi connectivity index (χ4n) is 3.81. The molecular formula is C27H23N5O5. The van der Waals surface area contributed by atoms with Crippen LogP contribution >= 0.6 is 0 Å². The predicted octanol–water partition coefficient (Wildman–Crippen LogP) is 4.51. The molecule has 0 saturated heterocycles. The van der Waals surface area contributed by atoms with Gasteiger partial charge in [0.25, 0.3) is 5.95 Å². The Morgan fingerprint density at radius 1 is 0.676 bits per heavy atom. The van der Waals surface area contributed by atoms with Gasteiger partial charge >= 0.3 is 0 Å². The maximum absolute atomic E-state index is 10.7. The lowest BCUT2D eigenvalue weighted by molar-refractivity contribution is 0.415. The Labute approximate surface area is 211 Å². The molecule has 0 bridgehead atoms. The number of benzene rings is 3. The van der Waals surface area contributed by atoms with Crippen molar-refractivity contribution < 1.29 is 25.2 Å². The van der Waals surface area contributed by atoms with Gasteiger partial charge in [-0.3, -0.25) is 0 Å². The van der Waals surface area contributed by atoms with Crippen LogP contribution < -0.4 is 4.74 Å². The van der Waals surface area contributed by atoms with Crippen molar-refractivity contribution in [3.63, 3.8) is 0 Å². The Balaban J connectivity index is 1.68. The number of aromatic hydroxyl groups is 4. The third-order valence-corrected chi connectivity index (χ3v) is 6.12. The Kier molecular flexibility index (Phi) is 5.84. The monoisotopic (exact) mass is 497 g/mol. The molecule has 0 aliphatic carbocycles. The molecule has 10 nitrogen and oxygen atoms in total. The second-order valence-electron chi connectivity index (χ2n) is 8.40. The normalized spacial score (nSPS) is 11.0. The van der Waals surface area contributed by atoms with E-state index in [2.05, 4.69) is 20.1 Å².